The lowest BCUT2D eigenvalue weighted by Gasteiger charge is -2.08. The molecule has 0 saturated heterocycles. The number of rotatable bonds is 4. The molecule has 0 radical (unpaired) electrons. The summed E-state index contributed by atoms with van der Waals surface area (Å²) < 4.78 is 6.54. The maximum absolute atomic E-state index is 12.3. The Morgan fingerprint density at radius 1 is 1.24 bits per heavy atom. The van der Waals surface area contributed by atoms with Gasteiger partial charge in [0.25, 0.3) is 5.56 Å². The highest BCUT2D eigenvalue weighted by Crippen LogP contribution is 2.16. The third-order valence-corrected chi connectivity index (χ3v) is 3.55. The fourth-order valence-corrected chi connectivity index (χ4v) is 2.43. The number of carbonyl (C=O) groups excluding carboxylic acids is 1. The number of aromatic amines is 1. The van der Waals surface area contributed by atoms with Crippen molar-refractivity contribution in [2.45, 2.75) is 6.54 Å². The van der Waals surface area contributed by atoms with Gasteiger partial charge in [-0.1, -0.05) is 12.1 Å². The van der Waals surface area contributed by atoms with Crippen LogP contribution in [0.3, 0.4) is 0 Å². The highest BCUT2D eigenvalue weighted by atomic mass is 16.3. The number of benzene rings is 1. The molecule has 4 rings (SSSR count). The van der Waals surface area contributed by atoms with Crippen LogP contribution in [0, 0.1) is 0 Å². The second-order valence-corrected chi connectivity index (χ2v) is 5.20. The molecule has 3 aromatic heterocycles. The summed E-state index contributed by atoms with van der Waals surface area (Å²) >= 11 is 0. The van der Waals surface area contributed by atoms with Gasteiger partial charge in [0.05, 0.1) is 23.5 Å². The van der Waals surface area contributed by atoms with Crippen molar-refractivity contribution in [1.82, 2.24) is 24.7 Å². The fraction of sp³-hybridized carbons (Fsp3) is 0.0625. The van der Waals surface area contributed by atoms with E-state index in [4.69, 9.17) is 4.42 Å². The quantitative estimate of drug-likeness (QED) is 0.581. The molecule has 1 aromatic carbocycles. The first-order chi connectivity index (χ1) is 12.2. The number of anilines is 1. The number of para-hydroxylation sites is 2. The molecule has 9 heteroatoms. The van der Waals surface area contributed by atoms with Gasteiger partial charge in [-0.15, -0.1) is 5.10 Å². The number of fused-ring (bicyclic) bond motifs is 1. The van der Waals surface area contributed by atoms with Crippen molar-refractivity contribution in [3.05, 3.63) is 59.2 Å². The molecule has 124 valence electrons. The van der Waals surface area contributed by atoms with Crippen LogP contribution >= 0.6 is 0 Å². The van der Waals surface area contributed by atoms with Crippen molar-refractivity contribution < 1.29 is 9.21 Å². The summed E-state index contributed by atoms with van der Waals surface area (Å²) in [6.07, 6.45) is 2.70. The van der Waals surface area contributed by atoms with Gasteiger partial charge in [0, 0.05) is 0 Å². The number of carbonyl (C=O) groups is 1. The first kappa shape index (κ1) is 14.8. The molecule has 0 aliphatic heterocycles. The minimum Gasteiger partial charge on any atom is -0.461 e. The van der Waals surface area contributed by atoms with Crippen LogP contribution in [0.4, 0.5) is 5.95 Å². The summed E-state index contributed by atoms with van der Waals surface area (Å²) in [6.45, 7) is -0.174. The van der Waals surface area contributed by atoms with Crippen LogP contribution in [-0.4, -0.2) is 30.6 Å². The first-order valence-corrected chi connectivity index (χ1v) is 7.41. The van der Waals surface area contributed by atoms with Gasteiger partial charge in [-0.05, 0) is 24.3 Å². The van der Waals surface area contributed by atoms with Gasteiger partial charge in [0.1, 0.15) is 6.54 Å². The van der Waals surface area contributed by atoms with Crippen LogP contribution in [-0.2, 0) is 11.3 Å². The van der Waals surface area contributed by atoms with E-state index < -0.39 is 5.91 Å². The number of nitrogens with one attached hydrogen (secondary N) is 2. The molecule has 2 N–H and O–H groups in total. The average Bonchev–Trinajstić information content (AvgIpc) is 3.29. The van der Waals surface area contributed by atoms with Crippen LogP contribution in [0.25, 0.3) is 22.6 Å². The summed E-state index contributed by atoms with van der Waals surface area (Å²) in [5.74, 6) is 0.572. The van der Waals surface area contributed by atoms with E-state index in [1.165, 1.54) is 17.0 Å². The van der Waals surface area contributed by atoms with Gasteiger partial charge < -0.3 is 4.42 Å². The monoisotopic (exact) mass is 336 g/mol. The number of amides is 1. The molecular formula is C16H12N6O3. The lowest BCUT2D eigenvalue weighted by atomic mass is 10.3. The maximum atomic E-state index is 12.3. The molecule has 0 saturated carbocycles. The van der Waals surface area contributed by atoms with Crippen LogP contribution in [0.15, 0.2) is 58.1 Å². The Balaban J connectivity index is 1.55. The van der Waals surface area contributed by atoms with E-state index in [2.05, 4.69) is 25.5 Å². The summed E-state index contributed by atoms with van der Waals surface area (Å²) in [4.78, 5) is 32.5. The van der Waals surface area contributed by atoms with Crippen molar-refractivity contribution >= 4 is 22.9 Å². The Morgan fingerprint density at radius 2 is 2.12 bits per heavy atom. The second-order valence-electron chi connectivity index (χ2n) is 5.20. The van der Waals surface area contributed by atoms with E-state index in [-0.39, 0.29) is 18.1 Å². The van der Waals surface area contributed by atoms with Crippen molar-refractivity contribution in [3.8, 4) is 11.6 Å². The Hall–Kier alpha value is -3.75. The van der Waals surface area contributed by atoms with Gasteiger partial charge in [-0.25, -0.2) is 4.98 Å². The molecule has 0 unspecified atom stereocenters. The highest BCUT2D eigenvalue weighted by molar-refractivity contribution is 5.90. The smallest absolute Gasteiger partial charge is 0.269 e. The average molecular weight is 336 g/mol. The van der Waals surface area contributed by atoms with Gasteiger partial charge in [-0.2, -0.15) is 4.98 Å². The van der Waals surface area contributed by atoms with E-state index in [0.29, 0.717) is 22.6 Å². The second kappa shape index (κ2) is 6.04. The number of nitrogens with zero attached hydrogens (tertiary/aromatic N) is 4. The number of aromatic nitrogens is 5. The predicted octanol–water partition coefficient (Wildman–Crippen LogP) is 1.41. The van der Waals surface area contributed by atoms with Crippen LogP contribution in [0.5, 0.6) is 0 Å². The van der Waals surface area contributed by atoms with Gasteiger partial charge in [0.2, 0.25) is 11.9 Å². The molecule has 0 aliphatic carbocycles. The summed E-state index contributed by atoms with van der Waals surface area (Å²) in [6, 6.07) is 10.5. The molecule has 4 aromatic rings. The van der Waals surface area contributed by atoms with Crippen molar-refractivity contribution in [2.75, 3.05) is 5.32 Å². The minimum absolute atomic E-state index is 0.0998. The topological polar surface area (TPSA) is 119 Å². The van der Waals surface area contributed by atoms with Crippen LogP contribution < -0.4 is 10.9 Å². The molecule has 9 nitrogen and oxygen atoms in total. The molecule has 3 heterocycles. The third-order valence-electron chi connectivity index (χ3n) is 3.55. The zero-order chi connectivity index (χ0) is 17.2. The van der Waals surface area contributed by atoms with Crippen LogP contribution in [0.1, 0.15) is 0 Å². The largest absolute Gasteiger partial charge is 0.461 e. The van der Waals surface area contributed by atoms with Gasteiger partial charge in [-0.3, -0.25) is 24.6 Å². The zero-order valence-electron chi connectivity index (χ0n) is 12.8. The third kappa shape index (κ3) is 2.90. The van der Waals surface area contributed by atoms with E-state index >= 15 is 0 Å². The Labute approximate surface area is 140 Å². The lowest BCUT2D eigenvalue weighted by molar-refractivity contribution is -0.116. The standard InChI is InChI=1S/C16H12N6O3/c23-13(18-16-19-15(20-21-16)12-6-3-7-25-12)9-22-11-5-2-1-4-10(11)17-8-14(22)24/h1-8H,9H2,(H2,18,19,20,21,23). The molecule has 0 fully saturated rings. The molecule has 0 spiro atoms. The van der Waals surface area contributed by atoms with Crippen molar-refractivity contribution in [2.24, 2.45) is 0 Å². The van der Waals surface area contributed by atoms with E-state index in [1.807, 2.05) is 6.07 Å². The molecule has 0 bridgehead atoms. The Kier molecular flexibility index (Phi) is 3.58. The summed E-state index contributed by atoms with van der Waals surface area (Å²) in [5, 5.41) is 9.13. The number of furan rings is 1. The lowest BCUT2D eigenvalue weighted by Crippen LogP contribution is -2.28. The molecule has 1 amide bonds. The first-order valence-electron chi connectivity index (χ1n) is 7.41. The fourth-order valence-electron chi connectivity index (χ4n) is 2.43. The van der Waals surface area contributed by atoms with E-state index in [0.717, 1.165) is 0 Å². The van der Waals surface area contributed by atoms with Gasteiger partial charge >= 0.3 is 0 Å². The van der Waals surface area contributed by atoms with E-state index in [1.54, 1.807) is 30.3 Å². The summed E-state index contributed by atoms with van der Waals surface area (Å²) in [7, 11) is 0. The normalized spacial score (nSPS) is 10.9. The molecule has 25 heavy (non-hydrogen) atoms. The molecular weight excluding hydrogens is 324 g/mol. The zero-order valence-corrected chi connectivity index (χ0v) is 12.8. The maximum Gasteiger partial charge on any atom is 0.269 e. The van der Waals surface area contributed by atoms with Crippen molar-refractivity contribution in [3.63, 3.8) is 0 Å². The highest BCUT2D eigenvalue weighted by Gasteiger charge is 2.13. The van der Waals surface area contributed by atoms with E-state index in [9.17, 15) is 9.59 Å². The summed E-state index contributed by atoms with van der Waals surface area (Å²) in [5.41, 5.74) is 0.851. The number of hydrogen-bond acceptors (Lipinski definition) is 6. The SMILES string of the molecule is O=C(Cn1c(=O)cnc2ccccc21)Nc1n[nH]c(-c2ccco2)n1. The molecule has 0 aliphatic rings. The van der Waals surface area contributed by atoms with Crippen LogP contribution in [0.2, 0.25) is 0 Å². The Bertz CT molecular complexity index is 1100. The van der Waals surface area contributed by atoms with Crippen molar-refractivity contribution in [1.29, 1.82) is 0 Å². The Morgan fingerprint density at radius 3 is 2.96 bits per heavy atom. The minimum atomic E-state index is -0.427. The number of hydrogen-bond donors (Lipinski definition) is 2. The van der Waals surface area contributed by atoms with Gasteiger partial charge in [0.15, 0.2) is 11.6 Å². The molecule has 0 atom stereocenters. The number of H-pyrrole nitrogens is 1. The predicted molar refractivity (Wildman–Crippen MR) is 88.7 cm³/mol.